The van der Waals surface area contributed by atoms with Crippen LogP contribution in [0.1, 0.15) is 47.6 Å². The number of benzene rings is 3. The molecule has 0 radical (unpaired) electrons. The van der Waals surface area contributed by atoms with Gasteiger partial charge >= 0.3 is 0 Å². The lowest BCUT2D eigenvalue weighted by Crippen LogP contribution is -2.39. The minimum absolute atomic E-state index is 0.0448. The number of hydrogen-bond acceptors (Lipinski definition) is 5. The predicted octanol–water partition coefficient (Wildman–Crippen LogP) is 5.60. The highest BCUT2D eigenvalue weighted by atomic mass is 16.5. The Hall–Kier alpha value is -3.68. The first-order valence-electron chi connectivity index (χ1n) is 14.0. The second-order valence-corrected chi connectivity index (χ2v) is 10.7. The van der Waals surface area contributed by atoms with Crippen molar-refractivity contribution in [1.29, 1.82) is 0 Å². The van der Waals surface area contributed by atoms with Crippen molar-refractivity contribution in [1.82, 2.24) is 20.4 Å². The van der Waals surface area contributed by atoms with Crippen molar-refractivity contribution in [2.75, 3.05) is 33.4 Å². The van der Waals surface area contributed by atoms with Crippen LogP contribution in [0.3, 0.4) is 0 Å². The average molecular weight is 525 g/mol. The van der Waals surface area contributed by atoms with Crippen molar-refractivity contribution >= 4 is 16.8 Å². The third-order valence-electron chi connectivity index (χ3n) is 7.94. The topological polar surface area (TPSA) is 79.5 Å². The number of rotatable bonds is 10. The van der Waals surface area contributed by atoms with E-state index >= 15 is 0 Å². The third-order valence-corrected chi connectivity index (χ3v) is 7.94. The van der Waals surface area contributed by atoms with Gasteiger partial charge in [0.1, 0.15) is 11.9 Å². The maximum absolute atomic E-state index is 13.3. The monoisotopic (exact) mass is 524 g/mol. The van der Waals surface area contributed by atoms with E-state index in [9.17, 15) is 4.79 Å². The van der Waals surface area contributed by atoms with E-state index < -0.39 is 0 Å². The van der Waals surface area contributed by atoms with Crippen LogP contribution in [0.15, 0.2) is 72.8 Å². The lowest BCUT2D eigenvalue weighted by atomic mass is 10.0. The molecule has 1 saturated carbocycles. The van der Waals surface area contributed by atoms with E-state index in [1.165, 1.54) is 0 Å². The highest BCUT2D eigenvalue weighted by molar-refractivity contribution is 6.01. The number of ether oxygens (including phenoxy) is 2. The number of likely N-dealkylation sites (tertiary alicyclic amines) is 1. The molecule has 7 heteroatoms. The first kappa shape index (κ1) is 25.6. The van der Waals surface area contributed by atoms with Crippen molar-refractivity contribution in [3.05, 3.63) is 83.9 Å². The second kappa shape index (κ2) is 11.6. The standard InChI is InChI=1S/C32H36N4O3/c1-38-20-19-36-17-15-27(16-18-36)39-26-12-9-24(10-13-26)31-28-21-25(11-14-29(28)34-35-31)32(37)33-30(23-7-8-23)22-5-3-2-4-6-22/h2-6,9-14,21,23,27,30H,7-8,15-20H2,1H3,(H,33,37)(H,34,35). The third kappa shape index (κ3) is 6.00. The Morgan fingerprint density at radius 1 is 1.03 bits per heavy atom. The fraction of sp³-hybridized carbons (Fsp3) is 0.375. The van der Waals surface area contributed by atoms with Crippen LogP contribution < -0.4 is 10.1 Å². The van der Waals surface area contributed by atoms with Gasteiger partial charge in [0, 0.05) is 43.3 Å². The Labute approximate surface area is 229 Å². The Morgan fingerprint density at radius 2 is 1.79 bits per heavy atom. The molecule has 1 unspecified atom stereocenters. The van der Waals surface area contributed by atoms with Crippen molar-refractivity contribution in [2.45, 2.75) is 37.8 Å². The molecule has 1 aliphatic carbocycles. The number of H-pyrrole nitrogens is 1. The summed E-state index contributed by atoms with van der Waals surface area (Å²) in [4.78, 5) is 15.7. The van der Waals surface area contributed by atoms with Crippen LogP contribution in [-0.4, -0.2) is 60.5 Å². The maximum atomic E-state index is 13.3. The Balaban J connectivity index is 1.14. The predicted molar refractivity (Wildman–Crippen MR) is 153 cm³/mol. The zero-order valence-corrected chi connectivity index (χ0v) is 22.4. The van der Waals surface area contributed by atoms with Gasteiger partial charge in [-0.05, 0) is 79.6 Å². The fourth-order valence-electron chi connectivity index (χ4n) is 5.52. The second-order valence-electron chi connectivity index (χ2n) is 10.7. The van der Waals surface area contributed by atoms with Gasteiger partial charge in [-0.3, -0.25) is 9.89 Å². The summed E-state index contributed by atoms with van der Waals surface area (Å²) in [7, 11) is 1.75. The van der Waals surface area contributed by atoms with E-state index in [1.807, 2.05) is 60.7 Å². The van der Waals surface area contributed by atoms with Gasteiger partial charge in [0.15, 0.2) is 0 Å². The van der Waals surface area contributed by atoms with E-state index in [0.717, 1.165) is 85.4 Å². The summed E-state index contributed by atoms with van der Waals surface area (Å²) >= 11 is 0. The summed E-state index contributed by atoms with van der Waals surface area (Å²) < 4.78 is 11.5. The molecule has 1 saturated heterocycles. The number of hydrogen-bond donors (Lipinski definition) is 2. The number of aromatic nitrogens is 2. The number of piperidine rings is 1. The number of nitrogens with zero attached hydrogens (tertiary/aromatic N) is 2. The van der Waals surface area contributed by atoms with E-state index in [4.69, 9.17) is 9.47 Å². The van der Waals surface area contributed by atoms with Gasteiger partial charge in [0.2, 0.25) is 0 Å². The van der Waals surface area contributed by atoms with Gasteiger partial charge in [-0.15, -0.1) is 0 Å². The number of fused-ring (bicyclic) bond motifs is 1. The highest BCUT2D eigenvalue weighted by Crippen LogP contribution is 2.41. The Kier molecular flexibility index (Phi) is 7.61. The van der Waals surface area contributed by atoms with E-state index in [2.05, 4.69) is 32.5 Å². The van der Waals surface area contributed by atoms with E-state index in [1.54, 1.807) is 7.11 Å². The molecule has 0 spiro atoms. The van der Waals surface area contributed by atoms with Crippen LogP contribution in [0.2, 0.25) is 0 Å². The van der Waals surface area contributed by atoms with Crippen LogP contribution in [0.25, 0.3) is 22.2 Å². The smallest absolute Gasteiger partial charge is 0.251 e. The van der Waals surface area contributed by atoms with Gasteiger partial charge < -0.3 is 19.7 Å². The molecule has 2 heterocycles. The summed E-state index contributed by atoms with van der Waals surface area (Å²) in [5.41, 5.74) is 4.53. The lowest BCUT2D eigenvalue weighted by Gasteiger charge is -2.31. The minimum atomic E-state index is -0.0539. The van der Waals surface area contributed by atoms with Gasteiger partial charge in [-0.1, -0.05) is 30.3 Å². The van der Waals surface area contributed by atoms with Gasteiger partial charge in [-0.2, -0.15) is 5.10 Å². The van der Waals surface area contributed by atoms with Crippen LogP contribution in [0, 0.1) is 5.92 Å². The zero-order chi connectivity index (χ0) is 26.6. The molecule has 3 aromatic carbocycles. The first-order chi connectivity index (χ1) is 19.2. The largest absolute Gasteiger partial charge is 0.490 e. The molecule has 0 bridgehead atoms. The molecule has 6 rings (SSSR count). The number of nitrogens with one attached hydrogen (secondary N) is 2. The van der Waals surface area contributed by atoms with Gasteiger partial charge in [0.25, 0.3) is 5.91 Å². The van der Waals surface area contributed by atoms with Crippen molar-refractivity contribution in [3.63, 3.8) is 0 Å². The molecular weight excluding hydrogens is 488 g/mol. The molecular formula is C32H36N4O3. The molecule has 202 valence electrons. The zero-order valence-electron chi connectivity index (χ0n) is 22.4. The number of aromatic amines is 1. The van der Waals surface area contributed by atoms with Crippen LogP contribution in [0.5, 0.6) is 5.75 Å². The Bertz CT molecular complexity index is 1390. The normalized spacial score (nSPS) is 17.3. The first-order valence-corrected chi connectivity index (χ1v) is 14.0. The number of methoxy groups -OCH3 is 1. The molecule has 39 heavy (non-hydrogen) atoms. The quantitative estimate of drug-likeness (QED) is 0.282. The van der Waals surface area contributed by atoms with Crippen LogP contribution in [-0.2, 0) is 4.74 Å². The summed E-state index contributed by atoms with van der Waals surface area (Å²) in [6.07, 6.45) is 4.58. The number of amides is 1. The van der Waals surface area contributed by atoms with Crippen LogP contribution >= 0.6 is 0 Å². The van der Waals surface area contributed by atoms with Crippen molar-refractivity contribution in [2.24, 2.45) is 5.92 Å². The molecule has 2 fully saturated rings. The highest BCUT2D eigenvalue weighted by Gasteiger charge is 2.33. The van der Waals surface area contributed by atoms with Crippen molar-refractivity contribution in [3.8, 4) is 17.0 Å². The van der Waals surface area contributed by atoms with Crippen LogP contribution in [0.4, 0.5) is 0 Å². The molecule has 2 N–H and O–H groups in total. The summed E-state index contributed by atoms with van der Waals surface area (Å²) in [5.74, 6) is 1.33. The molecule has 1 atom stereocenters. The SMILES string of the molecule is COCCN1CCC(Oc2ccc(-c3n[nH]c4ccc(C(=O)NC(c5ccccc5)C5CC5)cc34)cc2)CC1. The van der Waals surface area contributed by atoms with Gasteiger partial charge in [0.05, 0.1) is 23.9 Å². The number of carbonyl (C=O) groups excluding carboxylic acids is 1. The van der Waals surface area contributed by atoms with E-state index in [-0.39, 0.29) is 18.1 Å². The summed E-state index contributed by atoms with van der Waals surface area (Å²) in [5, 5.41) is 11.9. The minimum Gasteiger partial charge on any atom is -0.490 e. The molecule has 1 amide bonds. The molecule has 7 nitrogen and oxygen atoms in total. The van der Waals surface area contributed by atoms with Crippen molar-refractivity contribution < 1.29 is 14.3 Å². The fourth-order valence-corrected chi connectivity index (χ4v) is 5.52. The van der Waals surface area contributed by atoms with E-state index in [0.29, 0.717) is 11.5 Å². The summed E-state index contributed by atoms with van der Waals surface area (Å²) in [6, 6.07) is 24.2. The van der Waals surface area contributed by atoms with Gasteiger partial charge in [-0.25, -0.2) is 0 Å². The summed E-state index contributed by atoms with van der Waals surface area (Å²) in [6.45, 7) is 3.82. The number of carbonyl (C=O) groups is 1. The molecule has 2 aliphatic rings. The molecule has 4 aromatic rings. The lowest BCUT2D eigenvalue weighted by molar-refractivity contribution is 0.0797. The Morgan fingerprint density at radius 3 is 2.51 bits per heavy atom. The average Bonchev–Trinajstić information content (AvgIpc) is 3.74. The molecule has 1 aromatic heterocycles. The maximum Gasteiger partial charge on any atom is 0.251 e. The molecule has 1 aliphatic heterocycles.